The molecule has 1 aliphatic heterocycles. The third kappa shape index (κ3) is 2.78. The van der Waals surface area contributed by atoms with E-state index in [-0.39, 0.29) is 11.6 Å². The van der Waals surface area contributed by atoms with Crippen LogP contribution in [0.3, 0.4) is 0 Å². The van der Waals surface area contributed by atoms with E-state index in [0.717, 1.165) is 10.9 Å². The molecule has 110 valence electrons. The lowest BCUT2D eigenvalue weighted by molar-refractivity contribution is 0.0921. The predicted octanol–water partition coefficient (Wildman–Crippen LogP) is 3.12. The molecule has 2 heterocycles. The summed E-state index contributed by atoms with van der Waals surface area (Å²) in [4.78, 5) is 6.96. The normalized spacial score (nSPS) is 24.1. The molecule has 1 aromatic rings. The smallest absolute Gasteiger partial charge is 0.0410 e. The second kappa shape index (κ2) is 6.12. The maximum Gasteiger partial charge on any atom is 0.0410 e. The van der Waals surface area contributed by atoms with Crippen molar-refractivity contribution in [1.82, 2.24) is 9.88 Å². The number of pyridine rings is 1. The van der Waals surface area contributed by atoms with Crippen LogP contribution in [0.1, 0.15) is 44.1 Å². The Hall–Kier alpha value is -0.450. The molecule has 2 N–H and O–H groups in total. The third-order valence-corrected chi connectivity index (χ3v) is 5.55. The second-order valence-electron chi connectivity index (χ2n) is 6.33. The van der Waals surface area contributed by atoms with Crippen molar-refractivity contribution in [2.24, 2.45) is 5.73 Å². The standard InChI is InChI=1S/C16H24BrN3/c17-14-9-13(11-19-12-14)10-15(18)16(5-1-2-6-16)20-7-3-4-8-20/h9,11-12,15H,1-8,10,18H2. The molecule has 1 unspecified atom stereocenters. The highest BCUT2D eigenvalue weighted by molar-refractivity contribution is 9.10. The van der Waals surface area contributed by atoms with Crippen molar-refractivity contribution in [1.29, 1.82) is 0 Å². The van der Waals surface area contributed by atoms with Gasteiger partial charge in [0.2, 0.25) is 0 Å². The molecule has 1 saturated carbocycles. The Balaban J connectivity index is 1.77. The average molecular weight is 338 g/mol. The zero-order valence-corrected chi connectivity index (χ0v) is 13.6. The minimum absolute atomic E-state index is 0.221. The molecule has 1 atom stereocenters. The molecule has 0 radical (unpaired) electrons. The van der Waals surface area contributed by atoms with Crippen LogP contribution in [-0.4, -0.2) is 34.6 Å². The van der Waals surface area contributed by atoms with Crippen molar-refractivity contribution in [2.45, 2.75) is 56.5 Å². The van der Waals surface area contributed by atoms with Gasteiger partial charge >= 0.3 is 0 Å². The molecule has 0 bridgehead atoms. The predicted molar refractivity (Wildman–Crippen MR) is 85.6 cm³/mol. The van der Waals surface area contributed by atoms with Gasteiger partial charge < -0.3 is 5.73 Å². The quantitative estimate of drug-likeness (QED) is 0.917. The molecular weight excluding hydrogens is 314 g/mol. The van der Waals surface area contributed by atoms with Crippen molar-refractivity contribution in [3.63, 3.8) is 0 Å². The van der Waals surface area contributed by atoms with Crippen LogP contribution in [0.5, 0.6) is 0 Å². The van der Waals surface area contributed by atoms with Crippen LogP contribution >= 0.6 is 15.9 Å². The Kier molecular flexibility index (Phi) is 4.43. The van der Waals surface area contributed by atoms with E-state index in [2.05, 4.69) is 31.9 Å². The lowest BCUT2D eigenvalue weighted by Crippen LogP contribution is -2.58. The minimum Gasteiger partial charge on any atom is -0.326 e. The van der Waals surface area contributed by atoms with Crippen LogP contribution in [0, 0.1) is 0 Å². The van der Waals surface area contributed by atoms with Gasteiger partial charge in [-0.2, -0.15) is 0 Å². The van der Waals surface area contributed by atoms with Gasteiger partial charge in [-0.3, -0.25) is 9.88 Å². The molecule has 4 heteroatoms. The molecule has 0 amide bonds. The van der Waals surface area contributed by atoms with Crippen molar-refractivity contribution < 1.29 is 0 Å². The number of hydrogen-bond acceptors (Lipinski definition) is 3. The van der Waals surface area contributed by atoms with Crippen LogP contribution in [0.15, 0.2) is 22.9 Å². The van der Waals surface area contributed by atoms with Crippen LogP contribution in [-0.2, 0) is 6.42 Å². The van der Waals surface area contributed by atoms with Crippen molar-refractivity contribution in [3.8, 4) is 0 Å². The molecule has 1 aromatic heterocycles. The highest BCUT2D eigenvalue weighted by Crippen LogP contribution is 2.40. The van der Waals surface area contributed by atoms with Gasteiger partial charge in [-0.1, -0.05) is 12.8 Å². The second-order valence-corrected chi connectivity index (χ2v) is 7.24. The number of hydrogen-bond donors (Lipinski definition) is 1. The molecule has 0 spiro atoms. The van der Waals surface area contributed by atoms with Crippen LogP contribution in [0.25, 0.3) is 0 Å². The highest BCUT2D eigenvalue weighted by Gasteiger charge is 2.44. The fourth-order valence-corrected chi connectivity index (χ4v) is 4.49. The van der Waals surface area contributed by atoms with Crippen molar-refractivity contribution in [2.75, 3.05) is 13.1 Å². The maximum atomic E-state index is 6.69. The fraction of sp³-hybridized carbons (Fsp3) is 0.688. The van der Waals surface area contributed by atoms with Crippen molar-refractivity contribution in [3.05, 3.63) is 28.5 Å². The summed E-state index contributed by atoms with van der Waals surface area (Å²) in [6.07, 6.45) is 12.6. The van der Waals surface area contributed by atoms with E-state index in [9.17, 15) is 0 Å². The summed E-state index contributed by atoms with van der Waals surface area (Å²) < 4.78 is 1.05. The molecule has 1 aliphatic carbocycles. The monoisotopic (exact) mass is 337 g/mol. The lowest BCUT2D eigenvalue weighted by atomic mass is 9.83. The lowest BCUT2D eigenvalue weighted by Gasteiger charge is -2.43. The SMILES string of the molecule is NC(Cc1cncc(Br)c1)C1(N2CCCC2)CCCC1. The number of aromatic nitrogens is 1. The summed E-state index contributed by atoms with van der Waals surface area (Å²) in [7, 11) is 0. The number of rotatable bonds is 4. The largest absolute Gasteiger partial charge is 0.326 e. The highest BCUT2D eigenvalue weighted by atomic mass is 79.9. The third-order valence-electron chi connectivity index (χ3n) is 5.11. The van der Waals surface area contributed by atoms with Gasteiger partial charge in [0.25, 0.3) is 0 Å². The maximum absolute atomic E-state index is 6.69. The van der Waals surface area contributed by atoms with Crippen molar-refractivity contribution >= 4 is 15.9 Å². The Labute approximate surface area is 130 Å². The summed E-state index contributed by atoms with van der Waals surface area (Å²) in [5.41, 5.74) is 8.19. The van der Waals surface area contributed by atoms with E-state index in [1.165, 1.54) is 57.2 Å². The fourth-order valence-electron chi connectivity index (χ4n) is 4.08. The molecule has 0 aromatic carbocycles. The van der Waals surface area contributed by atoms with Gasteiger partial charge in [0.05, 0.1) is 0 Å². The zero-order valence-electron chi connectivity index (χ0n) is 12.0. The van der Waals surface area contributed by atoms with E-state index in [4.69, 9.17) is 5.73 Å². The summed E-state index contributed by atoms with van der Waals surface area (Å²) in [5, 5.41) is 0. The summed E-state index contributed by atoms with van der Waals surface area (Å²) in [6.45, 7) is 2.48. The van der Waals surface area contributed by atoms with E-state index >= 15 is 0 Å². The number of likely N-dealkylation sites (tertiary alicyclic amines) is 1. The number of nitrogens with zero attached hydrogens (tertiary/aromatic N) is 2. The molecule has 3 rings (SSSR count). The summed E-state index contributed by atoms with van der Waals surface area (Å²) in [5.74, 6) is 0. The first-order valence-corrected chi connectivity index (χ1v) is 8.60. The van der Waals surface area contributed by atoms with Gasteiger partial charge in [-0.25, -0.2) is 0 Å². The number of nitrogens with two attached hydrogens (primary N) is 1. The molecule has 1 saturated heterocycles. The van der Waals surface area contributed by atoms with E-state index < -0.39 is 0 Å². The van der Waals surface area contributed by atoms with Crippen LogP contribution in [0.2, 0.25) is 0 Å². The molecule has 2 fully saturated rings. The van der Waals surface area contributed by atoms with Gasteiger partial charge in [-0.15, -0.1) is 0 Å². The Morgan fingerprint density at radius 3 is 2.55 bits per heavy atom. The molecular formula is C16H24BrN3. The average Bonchev–Trinajstić information content (AvgIpc) is 3.11. The minimum atomic E-state index is 0.221. The topological polar surface area (TPSA) is 42.1 Å². The molecule has 3 nitrogen and oxygen atoms in total. The Bertz CT molecular complexity index is 451. The van der Waals surface area contributed by atoms with Crippen LogP contribution in [0.4, 0.5) is 0 Å². The van der Waals surface area contributed by atoms with Crippen LogP contribution < -0.4 is 5.73 Å². The van der Waals surface area contributed by atoms with E-state index in [0.29, 0.717) is 0 Å². The zero-order chi connectivity index (χ0) is 14.0. The van der Waals surface area contributed by atoms with Gasteiger partial charge in [0.15, 0.2) is 0 Å². The van der Waals surface area contributed by atoms with E-state index in [1.54, 1.807) is 0 Å². The first-order valence-electron chi connectivity index (χ1n) is 7.81. The summed E-state index contributed by atoms with van der Waals surface area (Å²) >= 11 is 3.50. The van der Waals surface area contributed by atoms with Gasteiger partial charge in [-0.05, 0) is 72.8 Å². The molecule has 2 aliphatic rings. The first-order chi connectivity index (χ1) is 9.71. The Morgan fingerprint density at radius 1 is 1.20 bits per heavy atom. The summed E-state index contributed by atoms with van der Waals surface area (Å²) in [6, 6.07) is 2.37. The number of halogens is 1. The first kappa shape index (κ1) is 14.5. The Morgan fingerprint density at radius 2 is 1.90 bits per heavy atom. The molecule has 20 heavy (non-hydrogen) atoms. The van der Waals surface area contributed by atoms with Gasteiger partial charge in [0, 0.05) is 28.4 Å². The van der Waals surface area contributed by atoms with Gasteiger partial charge in [0.1, 0.15) is 0 Å². The van der Waals surface area contributed by atoms with E-state index in [1.807, 2.05) is 12.4 Å².